The Bertz CT molecular complexity index is 1700. The third-order valence-corrected chi connectivity index (χ3v) is 7.98. The van der Waals surface area contributed by atoms with Crippen LogP contribution in [0.2, 0.25) is 5.02 Å². The highest BCUT2D eigenvalue weighted by atomic mass is 35.5. The number of rotatable bonds is 9. The summed E-state index contributed by atoms with van der Waals surface area (Å²) in [4.78, 5) is 27.6. The van der Waals surface area contributed by atoms with Crippen molar-refractivity contribution < 1.29 is 18.7 Å². The summed E-state index contributed by atoms with van der Waals surface area (Å²) >= 11 is 5.85. The summed E-state index contributed by atoms with van der Waals surface area (Å²) in [6.07, 6.45) is 3.81. The highest BCUT2D eigenvalue weighted by molar-refractivity contribution is 6.30. The van der Waals surface area contributed by atoms with Gasteiger partial charge in [-0.2, -0.15) is 0 Å². The van der Waals surface area contributed by atoms with E-state index < -0.39 is 5.82 Å². The molecule has 216 valence electrons. The number of H-pyrrole nitrogens is 1. The minimum Gasteiger partial charge on any atom is -0.473 e. The van der Waals surface area contributed by atoms with Gasteiger partial charge in [0.15, 0.2) is 0 Å². The molecule has 0 saturated carbocycles. The standard InChI is InChI=1S/C32H31ClFN5O3/c1-41-32(40)22-8-10-28-29(16-22)39(18-25-4-3-13-35-25)30(36-28)19-38-14-11-21(12-15-38)27-5-2-6-31(37-27)42-20-23-7-9-24(33)17-26(23)34/h2-10,13,16-17,21,35H,11-12,14-15,18-20H2,1H3. The Hall–Kier alpha value is -4.21. The van der Waals surface area contributed by atoms with Crippen LogP contribution in [0.25, 0.3) is 11.0 Å². The monoisotopic (exact) mass is 587 g/mol. The lowest BCUT2D eigenvalue weighted by Gasteiger charge is -2.31. The van der Waals surface area contributed by atoms with Gasteiger partial charge in [0.25, 0.3) is 0 Å². The van der Waals surface area contributed by atoms with Gasteiger partial charge >= 0.3 is 5.97 Å². The van der Waals surface area contributed by atoms with Gasteiger partial charge in [0.1, 0.15) is 18.2 Å². The fourth-order valence-corrected chi connectivity index (χ4v) is 5.63. The van der Waals surface area contributed by atoms with Crippen LogP contribution in [0.3, 0.4) is 0 Å². The second kappa shape index (κ2) is 12.3. The van der Waals surface area contributed by atoms with Crippen molar-refractivity contribution in [2.24, 2.45) is 0 Å². The van der Waals surface area contributed by atoms with Crippen molar-refractivity contribution in [1.29, 1.82) is 0 Å². The molecular weight excluding hydrogens is 557 g/mol. The van der Waals surface area contributed by atoms with E-state index in [0.29, 0.717) is 41.0 Å². The van der Waals surface area contributed by atoms with Crippen molar-refractivity contribution in [3.8, 4) is 5.88 Å². The molecule has 0 unspecified atom stereocenters. The molecular formula is C32H31ClFN5O3. The molecule has 1 aliphatic rings. The number of aromatic nitrogens is 4. The number of aromatic amines is 1. The second-order valence-electron chi connectivity index (χ2n) is 10.5. The zero-order valence-corrected chi connectivity index (χ0v) is 24.0. The molecule has 0 bridgehead atoms. The predicted octanol–water partition coefficient (Wildman–Crippen LogP) is 6.35. The Balaban J connectivity index is 1.13. The first-order chi connectivity index (χ1) is 20.5. The Labute approximate surface area is 248 Å². The van der Waals surface area contributed by atoms with Gasteiger partial charge in [-0.3, -0.25) is 4.90 Å². The quantitative estimate of drug-likeness (QED) is 0.202. The first-order valence-corrected chi connectivity index (χ1v) is 14.3. The Kier molecular flexibility index (Phi) is 8.21. The van der Waals surface area contributed by atoms with Crippen LogP contribution in [-0.4, -0.2) is 50.6 Å². The van der Waals surface area contributed by atoms with E-state index in [4.69, 9.17) is 31.0 Å². The molecule has 6 rings (SSSR count). The van der Waals surface area contributed by atoms with Crippen LogP contribution in [0.15, 0.2) is 72.9 Å². The largest absolute Gasteiger partial charge is 0.473 e. The number of nitrogens with zero attached hydrogens (tertiary/aromatic N) is 4. The molecule has 0 radical (unpaired) electrons. The lowest BCUT2D eigenvalue weighted by molar-refractivity contribution is 0.0601. The summed E-state index contributed by atoms with van der Waals surface area (Å²) in [6, 6.07) is 19.8. The molecule has 1 N–H and O–H groups in total. The minimum absolute atomic E-state index is 0.0858. The van der Waals surface area contributed by atoms with Crippen LogP contribution in [0.1, 0.15) is 51.9 Å². The van der Waals surface area contributed by atoms with Gasteiger partial charge in [-0.25, -0.2) is 19.2 Å². The number of methoxy groups -OCH3 is 1. The molecule has 1 saturated heterocycles. The van der Waals surface area contributed by atoms with E-state index in [1.807, 2.05) is 42.6 Å². The zero-order chi connectivity index (χ0) is 29.1. The summed E-state index contributed by atoms with van der Waals surface area (Å²) in [5, 5.41) is 0.355. The minimum atomic E-state index is -0.392. The van der Waals surface area contributed by atoms with Gasteiger partial charge in [-0.05, 0) is 74.5 Å². The van der Waals surface area contributed by atoms with Gasteiger partial charge in [0, 0.05) is 40.2 Å². The van der Waals surface area contributed by atoms with E-state index in [1.165, 1.54) is 13.2 Å². The van der Waals surface area contributed by atoms with Gasteiger partial charge in [0.2, 0.25) is 5.88 Å². The van der Waals surface area contributed by atoms with Crippen LogP contribution in [-0.2, 0) is 24.4 Å². The topological polar surface area (TPSA) is 85.3 Å². The number of hydrogen-bond acceptors (Lipinski definition) is 6. The van der Waals surface area contributed by atoms with Gasteiger partial charge < -0.3 is 19.0 Å². The second-order valence-corrected chi connectivity index (χ2v) is 10.9. The molecule has 0 spiro atoms. The van der Waals surface area contributed by atoms with Crippen LogP contribution < -0.4 is 4.74 Å². The zero-order valence-electron chi connectivity index (χ0n) is 23.2. The summed E-state index contributed by atoms with van der Waals surface area (Å²) in [7, 11) is 1.39. The molecule has 1 fully saturated rings. The van der Waals surface area contributed by atoms with Gasteiger partial charge in [0.05, 0.1) is 36.8 Å². The number of esters is 1. The van der Waals surface area contributed by atoms with E-state index in [-0.39, 0.29) is 12.6 Å². The fourth-order valence-electron chi connectivity index (χ4n) is 5.47. The fraction of sp³-hybridized carbons (Fsp3) is 0.281. The molecule has 0 atom stereocenters. The van der Waals surface area contributed by atoms with E-state index in [0.717, 1.165) is 54.2 Å². The van der Waals surface area contributed by atoms with Gasteiger partial charge in [-0.1, -0.05) is 23.7 Å². The van der Waals surface area contributed by atoms with Crippen molar-refractivity contribution in [2.45, 2.75) is 38.5 Å². The van der Waals surface area contributed by atoms with Crippen molar-refractivity contribution >= 4 is 28.6 Å². The number of nitrogens with one attached hydrogen (secondary N) is 1. The number of benzene rings is 2. The third kappa shape index (κ3) is 6.17. The SMILES string of the molecule is COC(=O)c1ccc2nc(CN3CCC(c4cccc(OCc5ccc(Cl)cc5F)n4)CC3)n(Cc3ccc[nH]3)c2c1. The van der Waals surface area contributed by atoms with E-state index >= 15 is 0 Å². The van der Waals surface area contributed by atoms with E-state index in [9.17, 15) is 9.18 Å². The summed E-state index contributed by atoms with van der Waals surface area (Å²) in [5.74, 6) is 0.971. The molecule has 4 heterocycles. The highest BCUT2D eigenvalue weighted by Crippen LogP contribution is 2.30. The lowest BCUT2D eigenvalue weighted by atomic mass is 9.93. The maximum absolute atomic E-state index is 14.1. The number of pyridine rings is 1. The van der Waals surface area contributed by atoms with Crippen LogP contribution in [0.5, 0.6) is 5.88 Å². The Morgan fingerprint density at radius 3 is 2.67 bits per heavy atom. The Morgan fingerprint density at radius 2 is 1.90 bits per heavy atom. The maximum atomic E-state index is 14.1. The number of carbonyl (C=O) groups is 1. The predicted molar refractivity (Wildman–Crippen MR) is 158 cm³/mol. The molecule has 1 aliphatic heterocycles. The first-order valence-electron chi connectivity index (χ1n) is 13.9. The lowest BCUT2D eigenvalue weighted by Crippen LogP contribution is -2.33. The Morgan fingerprint density at radius 1 is 1.05 bits per heavy atom. The molecule has 3 aromatic heterocycles. The number of halogens is 2. The summed E-state index contributed by atoms with van der Waals surface area (Å²) in [6.45, 7) is 3.19. The van der Waals surface area contributed by atoms with Crippen molar-refractivity contribution in [1.82, 2.24) is 24.4 Å². The average Bonchev–Trinajstić information content (AvgIpc) is 3.64. The molecule has 2 aromatic carbocycles. The van der Waals surface area contributed by atoms with Gasteiger partial charge in [-0.15, -0.1) is 0 Å². The molecule has 42 heavy (non-hydrogen) atoms. The first kappa shape index (κ1) is 27.9. The molecule has 10 heteroatoms. The van der Waals surface area contributed by atoms with E-state index in [1.54, 1.807) is 24.3 Å². The molecule has 5 aromatic rings. The maximum Gasteiger partial charge on any atom is 0.337 e. The number of carbonyl (C=O) groups excluding carboxylic acids is 1. The van der Waals surface area contributed by atoms with Crippen LogP contribution in [0.4, 0.5) is 4.39 Å². The van der Waals surface area contributed by atoms with E-state index in [2.05, 4.69) is 14.5 Å². The van der Waals surface area contributed by atoms with Crippen molar-refractivity contribution in [2.75, 3.05) is 20.2 Å². The molecule has 8 nitrogen and oxygen atoms in total. The number of imidazole rings is 1. The van der Waals surface area contributed by atoms with Crippen LogP contribution >= 0.6 is 11.6 Å². The molecule has 0 amide bonds. The number of piperidine rings is 1. The summed E-state index contributed by atoms with van der Waals surface area (Å²) in [5.41, 5.74) is 4.73. The van der Waals surface area contributed by atoms with Crippen LogP contribution in [0, 0.1) is 5.82 Å². The average molecular weight is 588 g/mol. The number of fused-ring (bicyclic) bond motifs is 1. The number of hydrogen-bond donors (Lipinski definition) is 1. The highest BCUT2D eigenvalue weighted by Gasteiger charge is 2.24. The number of likely N-dealkylation sites (tertiary alicyclic amines) is 1. The third-order valence-electron chi connectivity index (χ3n) is 7.75. The summed E-state index contributed by atoms with van der Waals surface area (Å²) < 4.78 is 27.1. The smallest absolute Gasteiger partial charge is 0.337 e. The van der Waals surface area contributed by atoms with Crippen molar-refractivity contribution in [3.05, 3.63) is 112 Å². The normalized spacial score (nSPS) is 14.4. The van der Waals surface area contributed by atoms with Crippen molar-refractivity contribution in [3.63, 3.8) is 0 Å². The molecule has 0 aliphatic carbocycles. The number of ether oxygens (including phenoxy) is 2.